The van der Waals surface area contributed by atoms with Crippen LogP contribution >= 0.6 is 0 Å². The van der Waals surface area contributed by atoms with Crippen molar-refractivity contribution in [2.45, 2.75) is 50.7 Å². The SMILES string of the molecule is NC(=O)CCC(NC(=O)NCCOC1CCCC1)C(=O)O. The number of amides is 3. The van der Waals surface area contributed by atoms with E-state index in [2.05, 4.69) is 10.6 Å². The normalized spacial score (nSPS) is 16.4. The van der Waals surface area contributed by atoms with Gasteiger partial charge < -0.3 is 26.2 Å². The van der Waals surface area contributed by atoms with E-state index in [9.17, 15) is 14.4 Å². The Bertz CT molecular complexity index is 369. The Morgan fingerprint density at radius 3 is 2.52 bits per heavy atom. The Kier molecular flexibility index (Phi) is 7.52. The quantitative estimate of drug-likeness (QED) is 0.444. The van der Waals surface area contributed by atoms with E-state index in [-0.39, 0.29) is 18.9 Å². The van der Waals surface area contributed by atoms with Crippen LogP contribution in [0.15, 0.2) is 0 Å². The van der Waals surface area contributed by atoms with Crippen molar-refractivity contribution in [1.29, 1.82) is 0 Å². The van der Waals surface area contributed by atoms with Gasteiger partial charge in [0.1, 0.15) is 6.04 Å². The zero-order valence-electron chi connectivity index (χ0n) is 12.0. The van der Waals surface area contributed by atoms with E-state index >= 15 is 0 Å². The lowest BCUT2D eigenvalue weighted by Crippen LogP contribution is -2.47. The maximum absolute atomic E-state index is 11.5. The van der Waals surface area contributed by atoms with Crippen molar-refractivity contribution >= 4 is 17.9 Å². The van der Waals surface area contributed by atoms with Gasteiger partial charge in [0.2, 0.25) is 5.91 Å². The lowest BCUT2D eigenvalue weighted by molar-refractivity contribution is -0.139. The van der Waals surface area contributed by atoms with Crippen LogP contribution in [0.3, 0.4) is 0 Å². The number of rotatable bonds is 9. The number of hydrogen-bond donors (Lipinski definition) is 4. The Morgan fingerprint density at radius 1 is 1.29 bits per heavy atom. The molecule has 0 saturated heterocycles. The molecule has 0 aromatic heterocycles. The molecule has 0 aromatic carbocycles. The van der Waals surface area contributed by atoms with Gasteiger partial charge in [0.05, 0.1) is 12.7 Å². The van der Waals surface area contributed by atoms with Crippen molar-refractivity contribution in [3.63, 3.8) is 0 Å². The summed E-state index contributed by atoms with van der Waals surface area (Å²) < 4.78 is 5.56. The summed E-state index contributed by atoms with van der Waals surface area (Å²) in [6.07, 6.45) is 4.62. The van der Waals surface area contributed by atoms with E-state index in [0.29, 0.717) is 13.2 Å². The topological polar surface area (TPSA) is 131 Å². The van der Waals surface area contributed by atoms with Crippen molar-refractivity contribution in [2.75, 3.05) is 13.2 Å². The number of nitrogens with two attached hydrogens (primary N) is 1. The summed E-state index contributed by atoms with van der Waals surface area (Å²) in [6.45, 7) is 0.710. The first-order chi connectivity index (χ1) is 9.99. The molecule has 0 heterocycles. The van der Waals surface area contributed by atoms with Gasteiger partial charge in [0.15, 0.2) is 0 Å². The van der Waals surface area contributed by atoms with Gasteiger partial charge in [-0.1, -0.05) is 12.8 Å². The fourth-order valence-electron chi connectivity index (χ4n) is 2.20. The van der Waals surface area contributed by atoms with Gasteiger partial charge in [0.25, 0.3) is 0 Å². The van der Waals surface area contributed by atoms with Crippen LogP contribution in [0.4, 0.5) is 4.79 Å². The van der Waals surface area contributed by atoms with Crippen LogP contribution in [0.25, 0.3) is 0 Å². The maximum Gasteiger partial charge on any atom is 0.326 e. The predicted molar refractivity (Wildman–Crippen MR) is 74.6 cm³/mol. The number of nitrogens with one attached hydrogen (secondary N) is 2. The second kappa shape index (κ2) is 9.17. The molecule has 1 rings (SSSR count). The largest absolute Gasteiger partial charge is 0.480 e. The number of carbonyl (C=O) groups excluding carboxylic acids is 2. The van der Waals surface area contributed by atoms with Gasteiger partial charge in [-0.2, -0.15) is 0 Å². The van der Waals surface area contributed by atoms with Crippen molar-refractivity contribution in [2.24, 2.45) is 5.73 Å². The average Bonchev–Trinajstić information content (AvgIpc) is 2.92. The van der Waals surface area contributed by atoms with Crippen LogP contribution < -0.4 is 16.4 Å². The lowest BCUT2D eigenvalue weighted by atomic mass is 10.1. The summed E-state index contributed by atoms with van der Waals surface area (Å²) in [5.74, 6) is -1.80. The molecule has 1 atom stereocenters. The highest BCUT2D eigenvalue weighted by molar-refractivity contribution is 5.83. The molecular formula is C13H23N3O5. The number of urea groups is 1. The monoisotopic (exact) mass is 301 g/mol. The number of carboxylic acid groups (broad SMARTS) is 1. The molecule has 0 spiro atoms. The smallest absolute Gasteiger partial charge is 0.326 e. The third-order valence-corrected chi connectivity index (χ3v) is 3.33. The molecule has 0 aromatic rings. The minimum atomic E-state index is -1.20. The third-order valence-electron chi connectivity index (χ3n) is 3.33. The first kappa shape index (κ1) is 17.2. The van der Waals surface area contributed by atoms with Crippen molar-refractivity contribution in [3.8, 4) is 0 Å². The van der Waals surface area contributed by atoms with Crippen molar-refractivity contribution in [3.05, 3.63) is 0 Å². The molecule has 1 aliphatic carbocycles. The van der Waals surface area contributed by atoms with E-state index in [1.165, 1.54) is 12.8 Å². The van der Waals surface area contributed by atoms with Crippen LogP contribution in [0, 0.1) is 0 Å². The molecule has 1 saturated carbocycles. The zero-order valence-corrected chi connectivity index (χ0v) is 12.0. The van der Waals surface area contributed by atoms with Crippen molar-refractivity contribution < 1.29 is 24.2 Å². The molecular weight excluding hydrogens is 278 g/mol. The number of ether oxygens (including phenoxy) is 1. The molecule has 3 amide bonds. The molecule has 0 radical (unpaired) electrons. The zero-order chi connectivity index (χ0) is 15.7. The number of hydrogen-bond acceptors (Lipinski definition) is 4. The first-order valence-electron chi connectivity index (χ1n) is 7.16. The van der Waals surface area contributed by atoms with Crippen LogP contribution in [0.5, 0.6) is 0 Å². The lowest BCUT2D eigenvalue weighted by Gasteiger charge is -2.15. The Labute approximate surface area is 123 Å². The number of carboxylic acids is 1. The van der Waals surface area contributed by atoms with E-state index in [0.717, 1.165) is 12.8 Å². The number of aliphatic carboxylic acids is 1. The molecule has 1 unspecified atom stereocenters. The fraction of sp³-hybridized carbons (Fsp3) is 0.769. The molecule has 0 bridgehead atoms. The van der Waals surface area contributed by atoms with Gasteiger partial charge in [-0.25, -0.2) is 9.59 Å². The molecule has 5 N–H and O–H groups in total. The van der Waals surface area contributed by atoms with Gasteiger partial charge in [0, 0.05) is 13.0 Å². The summed E-state index contributed by atoms with van der Waals surface area (Å²) in [5.41, 5.74) is 4.95. The average molecular weight is 301 g/mol. The Morgan fingerprint density at radius 2 is 1.95 bits per heavy atom. The van der Waals surface area contributed by atoms with Crippen LogP contribution in [-0.2, 0) is 14.3 Å². The minimum absolute atomic E-state index is 0.0311. The number of primary amides is 1. The summed E-state index contributed by atoms with van der Waals surface area (Å²) in [7, 11) is 0. The molecule has 21 heavy (non-hydrogen) atoms. The molecule has 1 fully saturated rings. The standard InChI is InChI=1S/C13H23N3O5/c14-11(17)6-5-10(12(18)19)16-13(20)15-7-8-21-9-3-1-2-4-9/h9-10H,1-8H2,(H2,14,17)(H,18,19)(H2,15,16,20). The van der Waals surface area contributed by atoms with Crippen molar-refractivity contribution in [1.82, 2.24) is 10.6 Å². The van der Waals surface area contributed by atoms with Crippen LogP contribution in [0.2, 0.25) is 0 Å². The van der Waals surface area contributed by atoms with E-state index < -0.39 is 23.9 Å². The maximum atomic E-state index is 11.5. The molecule has 8 heteroatoms. The summed E-state index contributed by atoms with van der Waals surface area (Å²) in [6, 6.07) is -1.73. The van der Waals surface area contributed by atoms with Crippen LogP contribution in [-0.4, -0.2) is 48.3 Å². The summed E-state index contributed by atoms with van der Waals surface area (Å²) >= 11 is 0. The van der Waals surface area contributed by atoms with E-state index in [1.54, 1.807) is 0 Å². The molecule has 8 nitrogen and oxygen atoms in total. The second-order valence-electron chi connectivity index (χ2n) is 5.07. The Balaban J connectivity index is 2.16. The predicted octanol–water partition coefficient (Wildman–Crippen LogP) is -0.0365. The molecule has 120 valence electrons. The Hall–Kier alpha value is -1.83. The first-order valence-corrected chi connectivity index (χ1v) is 7.16. The highest BCUT2D eigenvalue weighted by Gasteiger charge is 2.20. The van der Waals surface area contributed by atoms with E-state index in [1.807, 2.05) is 0 Å². The third kappa shape index (κ3) is 7.50. The fourth-order valence-corrected chi connectivity index (χ4v) is 2.20. The molecule has 0 aliphatic heterocycles. The van der Waals surface area contributed by atoms with Gasteiger partial charge in [-0.3, -0.25) is 4.79 Å². The van der Waals surface area contributed by atoms with Gasteiger partial charge >= 0.3 is 12.0 Å². The van der Waals surface area contributed by atoms with Gasteiger partial charge in [-0.05, 0) is 19.3 Å². The summed E-state index contributed by atoms with van der Waals surface area (Å²) in [4.78, 5) is 33.1. The number of carbonyl (C=O) groups is 3. The minimum Gasteiger partial charge on any atom is -0.480 e. The highest BCUT2D eigenvalue weighted by atomic mass is 16.5. The highest BCUT2D eigenvalue weighted by Crippen LogP contribution is 2.20. The van der Waals surface area contributed by atoms with Gasteiger partial charge in [-0.15, -0.1) is 0 Å². The molecule has 1 aliphatic rings. The van der Waals surface area contributed by atoms with Crippen LogP contribution in [0.1, 0.15) is 38.5 Å². The summed E-state index contributed by atoms with van der Waals surface area (Å²) in [5, 5.41) is 13.7. The second-order valence-corrected chi connectivity index (χ2v) is 5.07. The van der Waals surface area contributed by atoms with E-state index in [4.69, 9.17) is 15.6 Å².